The lowest BCUT2D eigenvalue weighted by atomic mass is 9.73. The Morgan fingerprint density at radius 1 is 1.30 bits per heavy atom. The van der Waals surface area contributed by atoms with Crippen LogP contribution in [0.15, 0.2) is 0 Å². The lowest BCUT2D eigenvalue weighted by molar-refractivity contribution is -0.143. The van der Waals surface area contributed by atoms with Crippen molar-refractivity contribution < 1.29 is 14.0 Å². The molecular weight excluding hydrogens is 304 g/mol. The van der Waals surface area contributed by atoms with E-state index < -0.39 is 8.32 Å². The van der Waals surface area contributed by atoms with E-state index in [-0.39, 0.29) is 16.4 Å². The highest BCUT2D eigenvalue weighted by atomic mass is 28.4. The molecule has 0 saturated heterocycles. The number of carbonyl (C=O) groups excluding carboxylic acids is 1. The van der Waals surface area contributed by atoms with Crippen LogP contribution in [-0.2, 0) is 14.0 Å². The van der Waals surface area contributed by atoms with E-state index in [1.54, 1.807) is 0 Å². The average Bonchev–Trinajstić information content (AvgIpc) is 2.73. The topological polar surface area (TPSA) is 35.5 Å². The molecule has 0 amide bonds. The molecule has 0 radical (unpaired) electrons. The Balaban J connectivity index is 2.90. The zero-order valence-electron chi connectivity index (χ0n) is 16.8. The largest absolute Gasteiger partial charge is 0.469 e. The molecule has 1 saturated carbocycles. The van der Waals surface area contributed by atoms with Gasteiger partial charge in [-0.1, -0.05) is 41.5 Å². The smallest absolute Gasteiger partial charge is 0.305 e. The van der Waals surface area contributed by atoms with Gasteiger partial charge in [0.2, 0.25) is 0 Å². The van der Waals surface area contributed by atoms with Gasteiger partial charge in [0.15, 0.2) is 8.32 Å². The summed E-state index contributed by atoms with van der Waals surface area (Å²) < 4.78 is 11.5. The minimum Gasteiger partial charge on any atom is -0.469 e. The number of hydrogen-bond donors (Lipinski definition) is 0. The van der Waals surface area contributed by atoms with Crippen molar-refractivity contribution in [1.82, 2.24) is 0 Å². The summed E-state index contributed by atoms with van der Waals surface area (Å²) in [6, 6.07) is 0. The molecule has 1 rings (SSSR count). The van der Waals surface area contributed by atoms with Crippen LogP contribution in [0.1, 0.15) is 60.8 Å². The predicted octanol–water partition coefficient (Wildman–Crippen LogP) is 5.26. The predicted molar refractivity (Wildman–Crippen MR) is 98.9 cm³/mol. The number of methoxy groups -OCH3 is 1. The normalized spacial score (nSPS) is 29.1. The molecule has 0 N–H and O–H groups in total. The maximum absolute atomic E-state index is 11.9. The Hall–Kier alpha value is -0.353. The third kappa shape index (κ3) is 4.82. The van der Waals surface area contributed by atoms with Gasteiger partial charge in [0.25, 0.3) is 0 Å². The maximum atomic E-state index is 11.9. The van der Waals surface area contributed by atoms with Gasteiger partial charge < -0.3 is 9.16 Å². The van der Waals surface area contributed by atoms with E-state index in [9.17, 15) is 4.79 Å². The highest BCUT2D eigenvalue weighted by molar-refractivity contribution is 6.74. The lowest BCUT2D eigenvalue weighted by Crippen LogP contribution is -2.45. The first kappa shape index (κ1) is 20.7. The van der Waals surface area contributed by atoms with Gasteiger partial charge in [0, 0.05) is 13.0 Å². The summed E-state index contributed by atoms with van der Waals surface area (Å²) >= 11 is 0. The zero-order valence-corrected chi connectivity index (χ0v) is 17.8. The molecule has 0 spiro atoms. The van der Waals surface area contributed by atoms with E-state index in [1.165, 1.54) is 13.5 Å². The van der Waals surface area contributed by atoms with Crippen molar-refractivity contribution >= 4 is 14.3 Å². The van der Waals surface area contributed by atoms with Gasteiger partial charge in [0.1, 0.15) is 0 Å². The summed E-state index contributed by atoms with van der Waals surface area (Å²) in [5.74, 6) is 1.46. The molecule has 0 unspecified atom stereocenters. The number of carbonyl (C=O) groups is 1. The van der Waals surface area contributed by atoms with Crippen LogP contribution in [0.25, 0.3) is 0 Å². The van der Waals surface area contributed by atoms with Crippen molar-refractivity contribution in [3.63, 3.8) is 0 Å². The Labute approximate surface area is 144 Å². The number of rotatable bonds is 6. The van der Waals surface area contributed by atoms with Crippen LogP contribution < -0.4 is 0 Å². The summed E-state index contributed by atoms with van der Waals surface area (Å²) in [7, 11) is -0.271. The molecule has 23 heavy (non-hydrogen) atoms. The van der Waals surface area contributed by atoms with Crippen LogP contribution in [0.3, 0.4) is 0 Å². The number of hydrogen-bond acceptors (Lipinski definition) is 3. The van der Waals surface area contributed by atoms with Gasteiger partial charge in [-0.3, -0.25) is 4.79 Å². The van der Waals surface area contributed by atoms with E-state index in [4.69, 9.17) is 9.16 Å². The third-order valence-electron chi connectivity index (χ3n) is 6.50. The molecule has 4 heteroatoms. The van der Waals surface area contributed by atoms with Gasteiger partial charge >= 0.3 is 5.97 Å². The molecule has 0 aromatic carbocycles. The molecule has 3 atom stereocenters. The molecule has 0 aromatic rings. The number of esters is 1. The van der Waals surface area contributed by atoms with E-state index in [1.807, 2.05) is 0 Å². The molecule has 1 aliphatic rings. The van der Waals surface area contributed by atoms with Crippen molar-refractivity contribution in [3.8, 4) is 0 Å². The van der Waals surface area contributed by atoms with Crippen LogP contribution in [0.5, 0.6) is 0 Å². The van der Waals surface area contributed by atoms with Crippen LogP contribution in [-0.4, -0.2) is 28.0 Å². The lowest BCUT2D eigenvalue weighted by Gasteiger charge is -2.41. The maximum Gasteiger partial charge on any atom is 0.305 e. The van der Waals surface area contributed by atoms with Crippen LogP contribution in [0, 0.1) is 23.2 Å². The second-order valence-corrected chi connectivity index (χ2v) is 14.3. The molecule has 1 aliphatic carbocycles. The quantitative estimate of drug-likeness (QED) is 0.488. The van der Waals surface area contributed by atoms with Gasteiger partial charge in [-0.15, -0.1) is 0 Å². The summed E-state index contributed by atoms with van der Waals surface area (Å²) in [6.45, 7) is 19.1. The monoisotopic (exact) mass is 342 g/mol. The van der Waals surface area contributed by atoms with E-state index in [0.29, 0.717) is 24.2 Å². The second-order valence-electron chi connectivity index (χ2n) is 9.54. The van der Waals surface area contributed by atoms with E-state index in [0.717, 1.165) is 13.0 Å². The summed E-state index contributed by atoms with van der Waals surface area (Å²) in [5, 5.41) is 0.220. The van der Waals surface area contributed by atoms with Gasteiger partial charge in [0.05, 0.1) is 7.11 Å². The fraction of sp³-hybridized carbons (Fsp3) is 0.947. The summed E-state index contributed by atoms with van der Waals surface area (Å²) in [6.07, 6.45) is 2.86. The third-order valence-corrected chi connectivity index (χ3v) is 11.0. The molecular formula is C19H38O3Si. The van der Waals surface area contributed by atoms with Crippen molar-refractivity contribution in [1.29, 1.82) is 0 Å². The SMILES string of the molecule is COC(=O)C[C@H]1[C@@H](C(C)C)CC[C@]1(C)CO[Si](C)(C)C(C)(C)C. The molecule has 0 heterocycles. The summed E-state index contributed by atoms with van der Waals surface area (Å²) in [4.78, 5) is 11.9. The van der Waals surface area contributed by atoms with Gasteiger partial charge in [-0.2, -0.15) is 0 Å². The first-order chi connectivity index (χ1) is 10.3. The van der Waals surface area contributed by atoms with Crippen molar-refractivity contribution in [2.45, 2.75) is 78.9 Å². The summed E-state index contributed by atoms with van der Waals surface area (Å²) in [5.41, 5.74) is 0.0820. The molecule has 1 fully saturated rings. The van der Waals surface area contributed by atoms with E-state index >= 15 is 0 Å². The Morgan fingerprint density at radius 3 is 2.30 bits per heavy atom. The van der Waals surface area contributed by atoms with Crippen molar-refractivity contribution in [2.75, 3.05) is 13.7 Å². The molecule has 3 nitrogen and oxygen atoms in total. The van der Waals surface area contributed by atoms with Crippen molar-refractivity contribution in [3.05, 3.63) is 0 Å². The fourth-order valence-electron chi connectivity index (χ4n) is 3.60. The van der Waals surface area contributed by atoms with Gasteiger partial charge in [-0.05, 0) is 54.1 Å². The van der Waals surface area contributed by atoms with E-state index in [2.05, 4.69) is 54.6 Å². The fourth-order valence-corrected chi connectivity index (χ4v) is 4.72. The average molecular weight is 343 g/mol. The highest BCUT2D eigenvalue weighted by Gasteiger charge is 2.48. The molecule has 0 aliphatic heterocycles. The Morgan fingerprint density at radius 2 is 1.87 bits per heavy atom. The van der Waals surface area contributed by atoms with Crippen LogP contribution >= 0.6 is 0 Å². The first-order valence-electron chi connectivity index (χ1n) is 9.05. The second kappa shape index (κ2) is 7.26. The Bertz CT molecular complexity index is 411. The number of ether oxygens (including phenoxy) is 1. The molecule has 136 valence electrons. The highest BCUT2D eigenvalue weighted by Crippen LogP contribution is 2.52. The molecule has 0 aromatic heterocycles. The minimum absolute atomic E-state index is 0.0820. The van der Waals surface area contributed by atoms with Crippen molar-refractivity contribution in [2.24, 2.45) is 23.2 Å². The Kier molecular flexibility index (Phi) is 6.53. The zero-order chi connectivity index (χ0) is 18.1. The van der Waals surface area contributed by atoms with Gasteiger partial charge in [-0.25, -0.2) is 0 Å². The minimum atomic E-state index is -1.76. The standard InChI is InChI=1S/C19H38O3Si/c1-14(2)15-10-11-19(6,16(15)12-17(20)21-7)13-22-23(8,9)18(3,4)5/h14-16H,10-13H2,1-9H3/t15-,16+,19-/m1/s1. The van der Waals surface area contributed by atoms with Crippen LogP contribution in [0.4, 0.5) is 0 Å². The molecule has 0 bridgehead atoms. The van der Waals surface area contributed by atoms with Crippen LogP contribution in [0.2, 0.25) is 18.1 Å². The first-order valence-corrected chi connectivity index (χ1v) is 12.0.